The standard InChI is InChI=1S/C22H23FN8OS/c1-12-13(2)33-22-19(12)20(24-11-25-22)30-8-6-15(7-9-30)21(32)26-18-10-16(4-5-17(18)23)31-14(3)27-28-29-31/h4-5,10-11,15H,6-9H2,1-3H3,(H,26,32). The van der Waals surface area contributed by atoms with Crippen molar-refractivity contribution < 1.29 is 9.18 Å². The highest BCUT2D eigenvalue weighted by Crippen LogP contribution is 2.35. The van der Waals surface area contributed by atoms with E-state index < -0.39 is 5.82 Å². The maximum atomic E-state index is 14.4. The summed E-state index contributed by atoms with van der Waals surface area (Å²) in [7, 11) is 0. The molecule has 0 bridgehead atoms. The average molecular weight is 467 g/mol. The molecule has 4 heterocycles. The third-order valence-corrected chi connectivity index (χ3v) is 7.30. The fourth-order valence-corrected chi connectivity index (χ4v) is 5.19. The Morgan fingerprint density at radius 1 is 1.18 bits per heavy atom. The highest BCUT2D eigenvalue weighted by atomic mass is 32.1. The molecule has 11 heteroatoms. The second-order valence-electron chi connectivity index (χ2n) is 8.21. The van der Waals surface area contributed by atoms with Crippen LogP contribution in [0.2, 0.25) is 0 Å². The summed E-state index contributed by atoms with van der Waals surface area (Å²) in [4.78, 5) is 26.3. The number of aromatic nitrogens is 6. The van der Waals surface area contributed by atoms with Crippen molar-refractivity contribution in [3.05, 3.63) is 46.6 Å². The van der Waals surface area contributed by atoms with Gasteiger partial charge in [-0.15, -0.1) is 16.4 Å². The summed E-state index contributed by atoms with van der Waals surface area (Å²) in [5.74, 6) is 0.607. The number of benzene rings is 1. The maximum absolute atomic E-state index is 14.4. The quantitative estimate of drug-likeness (QED) is 0.490. The first kappa shape index (κ1) is 21.4. The van der Waals surface area contributed by atoms with E-state index in [1.165, 1.54) is 21.2 Å². The zero-order valence-electron chi connectivity index (χ0n) is 18.5. The van der Waals surface area contributed by atoms with E-state index in [0.717, 1.165) is 16.0 Å². The Morgan fingerprint density at radius 2 is 1.97 bits per heavy atom. The zero-order chi connectivity index (χ0) is 23.1. The van der Waals surface area contributed by atoms with E-state index in [0.29, 0.717) is 37.4 Å². The maximum Gasteiger partial charge on any atom is 0.227 e. The van der Waals surface area contributed by atoms with Crippen molar-refractivity contribution >= 4 is 39.0 Å². The largest absolute Gasteiger partial charge is 0.356 e. The highest BCUT2D eigenvalue weighted by molar-refractivity contribution is 7.18. The van der Waals surface area contributed by atoms with E-state index in [9.17, 15) is 9.18 Å². The van der Waals surface area contributed by atoms with Crippen LogP contribution in [0.1, 0.15) is 29.1 Å². The molecule has 1 aliphatic heterocycles. The molecule has 0 unspecified atom stereocenters. The van der Waals surface area contributed by atoms with Gasteiger partial charge in [0.05, 0.1) is 16.8 Å². The van der Waals surface area contributed by atoms with Gasteiger partial charge in [0.2, 0.25) is 5.91 Å². The summed E-state index contributed by atoms with van der Waals surface area (Å²) in [5.41, 5.74) is 1.91. The number of tetrazole rings is 1. The van der Waals surface area contributed by atoms with Gasteiger partial charge in [0, 0.05) is 23.9 Å². The minimum absolute atomic E-state index is 0.122. The van der Waals surface area contributed by atoms with Crippen LogP contribution in [0.4, 0.5) is 15.9 Å². The number of carbonyl (C=O) groups is 1. The van der Waals surface area contributed by atoms with Crippen LogP contribution in [0.25, 0.3) is 15.9 Å². The molecule has 1 saturated heterocycles. The van der Waals surface area contributed by atoms with E-state index >= 15 is 0 Å². The number of amides is 1. The lowest BCUT2D eigenvalue weighted by Gasteiger charge is -2.32. The van der Waals surface area contributed by atoms with Gasteiger partial charge < -0.3 is 10.2 Å². The molecule has 1 aromatic carbocycles. The number of piperidine rings is 1. The predicted octanol–water partition coefficient (Wildman–Crippen LogP) is 3.59. The molecule has 1 aliphatic rings. The first-order valence-corrected chi connectivity index (χ1v) is 11.6. The zero-order valence-corrected chi connectivity index (χ0v) is 19.4. The topological polar surface area (TPSA) is 102 Å². The molecule has 0 spiro atoms. The summed E-state index contributed by atoms with van der Waals surface area (Å²) in [6.07, 6.45) is 2.92. The summed E-state index contributed by atoms with van der Waals surface area (Å²) in [6, 6.07) is 4.43. The normalized spacial score (nSPS) is 14.7. The lowest BCUT2D eigenvalue weighted by Crippen LogP contribution is -2.38. The number of nitrogens with one attached hydrogen (secondary N) is 1. The van der Waals surface area contributed by atoms with E-state index in [2.05, 4.69) is 49.6 Å². The van der Waals surface area contributed by atoms with Gasteiger partial charge in [0.1, 0.15) is 22.8 Å². The molecule has 1 fully saturated rings. The van der Waals surface area contributed by atoms with Gasteiger partial charge in [0.15, 0.2) is 5.82 Å². The van der Waals surface area contributed by atoms with Crippen molar-refractivity contribution in [2.45, 2.75) is 33.6 Å². The number of hydrogen-bond acceptors (Lipinski definition) is 8. The average Bonchev–Trinajstić information content (AvgIpc) is 3.37. The molecule has 4 aromatic rings. The Balaban J connectivity index is 1.29. The van der Waals surface area contributed by atoms with Crippen LogP contribution in [-0.2, 0) is 4.79 Å². The van der Waals surface area contributed by atoms with Gasteiger partial charge in [-0.1, -0.05) is 0 Å². The number of nitrogens with zero attached hydrogens (tertiary/aromatic N) is 7. The first-order chi connectivity index (χ1) is 15.9. The van der Waals surface area contributed by atoms with Gasteiger partial charge in [-0.25, -0.2) is 14.4 Å². The predicted molar refractivity (Wildman–Crippen MR) is 124 cm³/mol. The molecule has 0 atom stereocenters. The smallest absolute Gasteiger partial charge is 0.227 e. The molecular formula is C22H23FN8OS. The number of carbonyl (C=O) groups excluding carboxylic acids is 1. The lowest BCUT2D eigenvalue weighted by atomic mass is 9.95. The summed E-state index contributed by atoms with van der Waals surface area (Å²) in [6.45, 7) is 7.34. The third-order valence-electron chi connectivity index (χ3n) is 6.19. The molecular weight excluding hydrogens is 443 g/mol. The van der Waals surface area contributed by atoms with E-state index in [4.69, 9.17) is 0 Å². The number of halogens is 1. The molecule has 33 heavy (non-hydrogen) atoms. The van der Waals surface area contributed by atoms with Crippen molar-refractivity contribution in [3.63, 3.8) is 0 Å². The summed E-state index contributed by atoms with van der Waals surface area (Å²) in [5, 5.41) is 15.2. The number of thiophene rings is 1. The van der Waals surface area contributed by atoms with Crippen LogP contribution in [0.3, 0.4) is 0 Å². The van der Waals surface area contributed by atoms with Crippen molar-refractivity contribution in [1.82, 2.24) is 30.2 Å². The third kappa shape index (κ3) is 3.92. The Bertz CT molecular complexity index is 1340. The molecule has 1 N–H and O–H groups in total. The Labute approximate surface area is 193 Å². The van der Waals surface area contributed by atoms with E-state index in [1.807, 2.05) is 0 Å². The molecule has 1 amide bonds. The van der Waals surface area contributed by atoms with Crippen molar-refractivity contribution in [2.75, 3.05) is 23.3 Å². The van der Waals surface area contributed by atoms with Gasteiger partial charge in [-0.3, -0.25) is 4.79 Å². The summed E-state index contributed by atoms with van der Waals surface area (Å²) >= 11 is 1.67. The van der Waals surface area contributed by atoms with Crippen molar-refractivity contribution in [3.8, 4) is 5.69 Å². The second-order valence-corrected chi connectivity index (χ2v) is 9.42. The van der Waals surface area contributed by atoms with Gasteiger partial charge in [0.25, 0.3) is 0 Å². The Kier molecular flexibility index (Phi) is 5.49. The van der Waals surface area contributed by atoms with Crippen LogP contribution in [0.5, 0.6) is 0 Å². The van der Waals surface area contributed by atoms with Gasteiger partial charge in [-0.2, -0.15) is 4.68 Å². The number of aryl methyl sites for hydroxylation is 3. The first-order valence-electron chi connectivity index (χ1n) is 10.7. The second kappa shape index (κ2) is 8.47. The van der Waals surface area contributed by atoms with E-state index in [-0.39, 0.29) is 17.5 Å². The molecule has 0 radical (unpaired) electrons. The number of hydrogen-bond donors (Lipinski definition) is 1. The summed E-state index contributed by atoms with van der Waals surface area (Å²) < 4.78 is 15.9. The minimum atomic E-state index is -0.498. The number of fused-ring (bicyclic) bond motifs is 1. The Morgan fingerprint density at radius 3 is 2.70 bits per heavy atom. The monoisotopic (exact) mass is 466 g/mol. The van der Waals surface area contributed by atoms with Gasteiger partial charge >= 0.3 is 0 Å². The highest BCUT2D eigenvalue weighted by Gasteiger charge is 2.28. The van der Waals surface area contributed by atoms with Crippen LogP contribution in [-0.4, -0.2) is 49.2 Å². The van der Waals surface area contributed by atoms with Crippen molar-refractivity contribution in [1.29, 1.82) is 0 Å². The molecule has 0 saturated carbocycles. The van der Waals surface area contributed by atoms with Crippen LogP contribution < -0.4 is 10.2 Å². The van der Waals surface area contributed by atoms with E-state index in [1.54, 1.807) is 36.7 Å². The molecule has 9 nitrogen and oxygen atoms in total. The SMILES string of the molecule is Cc1sc2ncnc(N3CCC(C(=O)Nc4cc(-n5nnnc5C)ccc4F)CC3)c2c1C. The van der Waals surface area contributed by atoms with Crippen LogP contribution >= 0.6 is 11.3 Å². The molecule has 170 valence electrons. The fraction of sp³-hybridized carbons (Fsp3) is 0.364. The molecule has 3 aromatic heterocycles. The lowest BCUT2D eigenvalue weighted by molar-refractivity contribution is -0.120. The van der Waals surface area contributed by atoms with Gasteiger partial charge in [-0.05, 0) is 67.8 Å². The Hall–Kier alpha value is -3.47. The van der Waals surface area contributed by atoms with Crippen molar-refractivity contribution in [2.24, 2.45) is 5.92 Å². The number of anilines is 2. The van der Waals surface area contributed by atoms with Crippen LogP contribution in [0.15, 0.2) is 24.5 Å². The molecule has 0 aliphatic carbocycles. The fourth-order valence-electron chi connectivity index (χ4n) is 4.20. The molecule has 5 rings (SSSR count). The minimum Gasteiger partial charge on any atom is -0.356 e. The number of rotatable bonds is 4. The van der Waals surface area contributed by atoms with Crippen LogP contribution in [0, 0.1) is 32.5 Å².